The average molecular weight is 794 g/mol. The van der Waals surface area contributed by atoms with Crippen molar-refractivity contribution in [2.45, 2.75) is 65.3 Å². The summed E-state index contributed by atoms with van der Waals surface area (Å²) in [6, 6.07) is 12.5. The number of ether oxygens (including phenoxy) is 3. The summed E-state index contributed by atoms with van der Waals surface area (Å²) >= 11 is 0. The van der Waals surface area contributed by atoms with Gasteiger partial charge < -0.3 is 38.7 Å². The Morgan fingerprint density at radius 2 is 1.18 bits per heavy atom. The van der Waals surface area contributed by atoms with Crippen molar-refractivity contribution in [3.8, 4) is 16.9 Å². The lowest BCUT2D eigenvalue weighted by atomic mass is 10.0. The first-order chi connectivity index (χ1) is 26.8. The Kier molecular flexibility index (Phi) is 12.0. The Morgan fingerprint density at radius 3 is 1.77 bits per heavy atom. The second kappa shape index (κ2) is 16.6. The molecule has 3 heterocycles. The van der Waals surface area contributed by atoms with Gasteiger partial charge in [0.25, 0.3) is 11.8 Å². The lowest BCUT2D eigenvalue weighted by Crippen LogP contribution is -2.51. The van der Waals surface area contributed by atoms with Crippen LogP contribution in [0.4, 0.5) is 28.4 Å². The first-order valence-electron chi connectivity index (χ1n) is 19.2. The van der Waals surface area contributed by atoms with Crippen LogP contribution in [-0.4, -0.2) is 126 Å². The number of piperazine rings is 2. The summed E-state index contributed by atoms with van der Waals surface area (Å²) in [7, 11) is 0. The summed E-state index contributed by atoms with van der Waals surface area (Å²) in [5, 5.41) is 0. The first kappa shape index (κ1) is 41.2. The van der Waals surface area contributed by atoms with Gasteiger partial charge in [-0.25, -0.2) is 22.8 Å². The molecule has 4 amide bonds. The molecule has 0 N–H and O–H groups in total. The van der Waals surface area contributed by atoms with Gasteiger partial charge in [-0.2, -0.15) is 0 Å². The predicted molar refractivity (Wildman–Crippen MR) is 207 cm³/mol. The fourth-order valence-corrected chi connectivity index (χ4v) is 6.98. The van der Waals surface area contributed by atoms with Gasteiger partial charge in [-0.1, -0.05) is 6.07 Å². The van der Waals surface area contributed by atoms with Crippen LogP contribution in [0, 0.1) is 17.5 Å². The van der Waals surface area contributed by atoms with Gasteiger partial charge in [0, 0.05) is 87.7 Å². The van der Waals surface area contributed by atoms with Gasteiger partial charge in [-0.3, -0.25) is 9.59 Å². The minimum Gasteiger partial charge on any atom is -0.488 e. The maximum atomic E-state index is 14.9. The Morgan fingerprint density at radius 1 is 0.596 bits per heavy atom. The SMILES string of the molecule is CC(C)(C)OC(=O)N1CCN(c2cc(F)cc(C(=O)N3CCN(C(=O)c4ccc(O[C@H]5CCN(C(=O)OC(C)(C)C)C5)c(-c5ccc(F)c(F)c5)c4)CC3)c2)CC1. The van der Waals surface area contributed by atoms with E-state index in [1.165, 1.54) is 18.2 Å². The van der Waals surface area contributed by atoms with E-state index in [4.69, 9.17) is 14.2 Å². The maximum Gasteiger partial charge on any atom is 0.410 e. The third kappa shape index (κ3) is 10.3. The van der Waals surface area contributed by atoms with Gasteiger partial charge in [0.15, 0.2) is 11.6 Å². The highest BCUT2D eigenvalue weighted by Gasteiger charge is 2.33. The number of benzene rings is 3. The van der Waals surface area contributed by atoms with E-state index < -0.39 is 46.9 Å². The quantitative estimate of drug-likeness (QED) is 0.268. The molecular weight excluding hydrogens is 743 g/mol. The molecule has 0 saturated carbocycles. The van der Waals surface area contributed by atoms with E-state index in [9.17, 15) is 32.3 Å². The zero-order valence-corrected chi connectivity index (χ0v) is 33.3. The molecule has 0 aliphatic carbocycles. The molecule has 3 aromatic carbocycles. The Bertz CT molecular complexity index is 2000. The van der Waals surface area contributed by atoms with Gasteiger partial charge in [0.2, 0.25) is 0 Å². The average Bonchev–Trinajstić information content (AvgIpc) is 3.63. The van der Waals surface area contributed by atoms with Crippen LogP contribution in [0.1, 0.15) is 68.7 Å². The number of amides is 4. The number of carbonyl (C=O) groups excluding carboxylic acids is 4. The van der Waals surface area contributed by atoms with Crippen LogP contribution in [0.25, 0.3) is 11.1 Å². The van der Waals surface area contributed by atoms with E-state index in [2.05, 4.69) is 0 Å². The molecule has 12 nitrogen and oxygen atoms in total. The summed E-state index contributed by atoms with van der Waals surface area (Å²) < 4.78 is 60.6. The normalized spacial score (nSPS) is 17.8. The summed E-state index contributed by atoms with van der Waals surface area (Å²) in [6.07, 6.45) is -0.745. The van der Waals surface area contributed by atoms with E-state index in [-0.39, 0.29) is 55.7 Å². The van der Waals surface area contributed by atoms with Crippen molar-refractivity contribution in [2.24, 2.45) is 0 Å². The maximum absolute atomic E-state index is 14.9. The Hall–Kier alpha value is -5.47. The lowest BCUT2D eigenvalue weighted by Gasteiger charge is -2.37. The number of hydrogen-bond acceptors (Lipinski definition) is 8. The van der Waals surface area contributed by atoms with Crippen molar-refractivity contribution in [1.82, 2.24) is 19.6 Å². The van der Waals surface area contributed by atoms with Crippen LogP contribution in [0.5, 0.6) is 5.75 Å². The summed E-state index contributed by atoms with van der Waals surface area (Å²) in [5.41, 5.74) is 0.402. The van der Waals surface area contributed by atoms with Gasteiger partial charge in [0.05, 0.1) is 6.54 Å². The van der Waals surface area contributed by atoms with Crippen LogP contribution in [0.2, 0.25) is 0 Å². The summed E-state index contributed by atoms with van der Waals surface area (Å²) in [6.45, 7) is 13.9. The van der Waals surface area contributed by atoms with Gasteiger partial charge in [-0.05, 0) is 95.6 Å². The van der Waals surface area contributed by atoms with Crippen molar-refractivity contribution in [1.29, 1.82) is 0 Å². The third-order valence-corrected chi connectivity index (χ3v) is 9.83. The van der Waals surface area contributed by atoms with Crippen LogP contribution < -0.4 is 9.64 Å². The van der Waals surface area contributed by atoms with E-state index in [0.29, 0.717) is 61.7 Å². The number of rotatable bonds is 6. The Labute approximate surface area is 331 Å². The summed E-state index contributed by atoms with van der Waals surface area (Å²) in [4.78, 5) is 60.9. The second-order valence-electron chi connectivity index (χ2n) is 16.5. The molecule has 0 radical (unpaired) electrons. The molecule has 57 heavy (non-hydrogen) atoms. The molecule has 1 atom stereocenters. The monoisotopic (exact) mass is 793 g/mol. The molecule has 306 valence electrons. The van der Waals surface area contributed by atoms with Gasteiger partial charge in [-0.15, -0.1) is 0 Å². The van der Waals surface area contributed by atoms with E-state index in [0.717, 1.165) is 12.1 Å². The lowest BCUT2D eigenvalue weighted by molar-refractivity contribution is 0.0238. The number of anilines is 1. The molecule has 0 unspecified atom stereocenters. The van der Waals surface area contributed by atoms with Crippen LogP contribution >= 0.6 is 0 Å². The minimum absolute atomic E-state index is 0.183. The molecule has 3 fully saturated rings. The first-order valence-corrected chi connectivity index (χ1v) is 19.2. The van der Waals surface area contributed by atoms with Crippen LogP contribution in [0.3, 0.4) is 0 Å². The number of likely N-dealkylation sites (tertiary alicyclic amines) is 1. The van der Waals surface area contributed by atoms with E-state index in [1.807, 2.05) is 4.90 Å². The van der Waals surface area contributed by atoms with Gasteiger partial charge >= 0.3 is 12.2 Å². The second-order valence-corrected chi connectivity index (χ2v) is 16.5. The standard InChI is InChI=1S/C42H50F3N5O7/c1-41(2,3)56-39(53)49-19-13-46(14-20-49)31-22-29(21-30(43)25-31)38(52)48-17-15-47(16-18-48)37(51)28-8-10-36(33(23-28)27-7-9-34(44)35(45)24-27)55-32-11-12-50(26-32)40(54)57-42(4,5)6/h7-10,21-25,32H,11-20,26H2,1-6H3/t32-/m0/s1. The molecule has 3 aliphatic heterocycles. The highest BCUT2D eigenvalue weighted by Crippen LogP contribution is 2.35. The van der Waals surface area contributed by atoms with Crippen molar-refractivity contribution < 1.29 is 46.6 Å². The van der Waals surface area contributed by atoms with Crippen molar-refractivity contribution in [3.05, 3.63) is 83.2 Å². The van der Waals surface area contributed by atoms with E-state index >= 15 is 0 Å². The third-order valence-electron chi connectivity index (χ3n) is 9.83. The zero-order chi connectivity index (χ0) is 41.2. The number of hydrogen-bond donors (Lipinski definition) is 0. The molecule has 15 heteroatoms. The number of nitrogens with zero attached hydrogens (tertiary/aromatic N) is 5. The molecule has 0 spiro atoms. The molecule has 3 saturated heterocycles. The highest BCUT2D eigenvalue weighted by atomic mass is 19.2. The van der Waals surface area contributed by atoms with Gasteiger partial charge in [0.1, 0.15) is 28.9 Å². The molecular formula is C42H50F3N5O7. The van der Waals surface area contributed by atoms with Crippen molar-refractivity contribution in [3.63, 3.8) is 0 Å². The molecule has 0 bridgehead atoms. The smallest absolute Gasteiger partial charge is 0.410 e. The van der Waals surface area contributed by atoms with Crippen molar-refractivity contribution in [2.75, 3.05) is 70.3 Å². The minimum atomic E-state index is -1.06. The van der Waals surface area contributed by atoms with E-state index in [1.54, 1.807) is 85.4 Å². The molecule has 0 aromatic heterocycles. The number of halogens is 3. The summed E-state index contributed by atoms with van der Waals surface area (Å²) in [5.74, 6) is -2.99. The topological polar surface area (TPSA) is 112 Å². The van der Waals surface area contributed by atoms with Crippen molar-refractivity contribution >= 4 is 29.7 Å². The zero-order valence-electron chi connectivity index (χ0n) is 33.3. The molecule has 3 aromatic rings. The Balaban J connectivity index is 1.10. The fraction of sp³-hybridized carbons (Fsp3) is 0.476. The number of carbonyl (C=O) groups is 4. The fourth-order valence-electron chi connectivity index (χ4n) is 6.98. The highest BCUT2D eigenvalue weighted by molar-refractivity contribution is 5.97. The molecule has 6 rings (SSSR count). The largest absolute Gasteiger partial charge is 0.488 e. The van der Waals surface area contributed by atoms with Crippen LogP contribution in [0.15, 0.2) is 54.6 Å². The molecule has 3 aliphatic rings. The van der Waals surface area contributed by atoms with Crippen LogP contribution in [-0.2, 0) is 9.47 Å². The predicted octanol–water partition coefficient (Wildman–Crippen LogP) is 6.81.